The van der Waals surface area contributed by atoms with Crippen LogP contribution in [0.3, 0.4) is 0 Å². The second-order valence-corrected chi connectivity index (χ2v) is 7.36. The molecular weight excluding hydrogens is 407 g/mol. The molecule has 0 atom stereocenters. The first kappa shape index (κ1) is 17.7. The minimum Gasteiger partial charge on any atom is -0.367 e. The second kappa shape index (κ2) is 7.41. The van der Waals surface area contributed by atoms with Gasteiger partial charge in [-0.3, -0.25) is 14.5 Å². The lowest BCUT2D eigenvalue weighted by atomic mass is 10.2. The molecule has 1 aliphatic heterocycles. The summed E-state index contributed by atoms with van der Waals surface area (Å²) >= 11 is 4.28. The van der Waals surface area contributed by atoms with Gasteiger partial charge in [-0.05, 0) is 66.2 Å². The third kappa shape index (κ3) is 4.11. The molecule has 2 amide bonds. The lowest BCUT2D eigenvalue weighted by Crippen LogP contribution is -2.33. The minimum absolute atomic E-state index is 0.0912. The molecule has 0 saturated carbocycles. The Morgan fingerprint density at radius 3 is 2.60 bits per heavy atom. The maximum atomic E-state index is 13.0. The van der Waals surface area contributed by atoms with Gasteiger partial charge in [-0.25, -0.2) is 4.39 Å². The van der Waals surface area contributed by atoms with Crippen molar-refractivity contribution in [3.8, 4) is 0 Å². The third-order valence-electron chi connectivity index (χ3n) is 3.66. The lowest BCUT2D eigenvalue weighted by molar-refractivity contribution is -0.122. The molecule has 1 N–H and O–H groups in total. The number of aryl methyl sites for hydroxylation is 1. The van der Waals surface area contributed by atoms with Crippen molar-refractivity contribution >= 4 is 50.6 Å². The van der Waals surface area contributed by atoms with Crippen molar-refractivity contribution in [2.45, 2.75) is 6.92 Å². The molecule has 3 rings (SSSR count). The largest absolute Gasteiger partial charge is 0.367 e. The summed E-state index contributed by atoms with van der Waals surface area (Å²) < 4.78 is 13.9. The first-order chi connectivity index (χ1) is 11.9. The Morgan fingerprint density at radius 1 is 1.20 bits per heavy atom. The van der Waals surface area contributed by atoms with Gasteiger partial charge in [-0.15, -0.1) is 0 Å². The molecule has 7 heteroatoms. The van der Waals surface area contributed by atoms with Crippen molar-refractivity contribution in [3.05, 3.63) is 68.8 Å². The fourth-order valence-corrected chi connectivity index (χ4v) is 3.65. The molecule has 1 fully saturated rings. The Morgan fingerprint density at radius 2 is 1.92 bits per heavy atom. The number of halogens is 2. The molecule has 0 unspecified atom stereocenters. The molecule has 1 heterocycles. The van der Waals surface area contributed by atoms with E-state index >= 15 is 0 Å². The smallest absolute Gasteiger partial charge is 0.295 e. The lowest BCUT2D eigenvalue weighted by Gasteiger charge is -2.16. The first-order valence-electron chi connectivity index (χ1n) is 7.45. The zero-order valence-electron chi connectivity index (χ0n) is 13.3. The molecule has 0 aliphatic carbocycles. The molecule has 25 heavy (non-hydrogen) atoms. The molecule has 0 aromatic heterocycles. The SMILES string of the molecule is Cc1cc(Br)ccc1NCN1C(=O)S/C(=C/c2ccc(F)cc2)C1=O. The third-order valence-corrected chi connectivity index (χ3v) is 5.06. The number of thioether (sulfide) groups is 1. The molecule has 0 radical (unpaired) electrons. The van der Waals surface area contributed by atoms with Crippen LogP contribution < -0.4 is 5.32 Å². The zero-order chi connectivity index (χ0) is 18.0. The molecule has 0 spiro atoms. The van der Waals surface area contributed by atoms with Crippen LogP contribution in [-0.2, 0) is 4.79 Å². The Balaban J connectivity index is 1.72. The van der Waals surface area contributed by atoms with E-state index in [1.807, 2.05) is 25.1 Å². The van der Waals surface area contributed by atoms with Crippen molar-refractivity contribution in [2.75, 3.05) is 12.0 Å². The van der Waals surface area contributed by atoms with Crippen molar-refractivity contribution < 1.29 is 14.0 Å². The van der Waals surface area contributed by atoms with E-state index in [0.717, 1.165) is 32.4 Å². The van der Waals surface area contributed by atoms with Gasteiger partial charge in [0.15, 0.2) is 0 Å². The standard InChI is InChI=1S/C18H14BrFN2O2S/c1-11-8-13(19)4-7-15(11)21-10-22-17(23)16(25-18(22)24)9-12-2-5-14(20)6-3-12/h2-9,21H,10H2,1H3/b16-9+. The van der Waals surface area contributed by atoms with Crippen LogP contribution in [0.15, 0.2) is 51.8 Å². The molecule has 1 saturated heterocycles. The number of amides is 2. The quantitative estimate of drug-likeness (QED) is 0.706. The van der Waals surface area contributed by atoms with E-state index in [-0.39, 0.29) is 23.6 Å². The zero-order valence-corrected chi connectivity index (χ0v) is 15.7. The van der Waals surface area contributed by atoms with Gasteiger partial charge in [-0.2, -0.15) is 0 Å². The molecule has 0 bridgehead atoms. The highest BCUT2D eigenvalue weighted by atomic mass is 79.9. The van der Waals surface area contributed by atoms with Gasteiger partial charge in [0.2, 0.25) is 0 Å². The molecule has 4 nitrogen and oxygen atoms in total. The number of hydrogen-bond donors (Lipinski definition) is 1. The van der Waals surface area contributed by atoms with Crippen LogP contribution in [0.2, 0.25) is 0 Å². The summed E-state index contributed by atoms with van der Waals surface area (Å²) in [5.41, 5.74) is 2.52. The van der Waals surface area contributed by atoms with Crippen LogP contribution in [0.4, 0.5) is 14.9 Å². The van der Waals surface area contributed by atoms with Gasteiger partial charge in [0.1, 0.15) is 5.82 Å². The predicted molar refractivity (Wildman–Crippen MR) is 102 cm³/mol. The molecule has 2 aromatic rings. The van der Waals surface area contributed by atoms with Crippen molar-refractivity contribution in [2.24, 2.45) is 0 Å². The number of carbonyl (C=O) groups is 2. The number of imide groups is 1. The Bertz CT molecular complexity index is 868. The summed E-state index contributed by atoms with van der Waals surface area (Å²) in [6.45, 7) is 2.03. The Kier molecular flexibility index (Phi) is 5.24. The van der Waals surface area contributed by atoms with Crippen molar-refractivity contribution in [1.82, 2.24) is 4.90 Å². The summed E-state index contributed by atoms with van der Waals surface area (Å²) in [7, 11) is 0. The van der Waals surface area contributed by atoms with Crippen molar-refractivity contribution in [3.63, 3.8) is 0 Å². The molecule has 1 aliphatic rings. The molecule has 2 aromatic carbocycles. The molecule has 128 valence electrons. The maximum absolute atomic E-state index is 13.0. The van der Waals surface area contributed by atoms with E-state index in [1.165, 1.54) is 12.1 Å². The summed E-state index contributed by atoms with van der Waals surface area (Å²) in [4.78, 5) is 26.0. The highest BCUT2D eigenvalue weighted by molar-refractivity contribution is 9.10. The van der Waals surface area contributed by atoms with Crippen LogP contribution in [-0.4, -0.2) is 22.7 Å². The van der Waals surface area contributed by atoms with Crippen molar-refractivity contribution in [1.29, 1.82) is 0 Å². The van der Waals surface area contributed by atoms with Gasteiger partial charge in [0.25, 0.3) is 11.1 Å². The highest BCUT2D eigenvalue weighted by Gasteiger charge is 2.34. The normalized spacial score (nSPS) is 16.0. The van der Waals surface area contributed by atoms with E-state index in [4.69, 9.17) is 0 Å². The highest BCUT2D eigenvalue weighted by Crippen LogP contribution is 2.32. The number of anilines is 1. The number of carbonyl (C=O) groups excluding carboxylic acids is 2. The van der Waals surface area contributed by atoms with Gasteiger partial charge in [0, 0.05) is 10.2 Å². The predicted octanol–water partition coefficient (Wildman–Crippen LogP) is 5.00. The van der Waals surface area contributed by atoms with Crippen LogP contribution in [0.5, 0.6) is 0 Å². The average molecular weight is 421 g/mol. The minimum atomic E-state index is -0.360. The topological polar surface area (TPSA) is 49.4 Å². The van der Waals surface area contributed by atoms with Crippen LogP contribution in [0, 0.1) is 12.7 Å². The fourth-order valence-electron chi connectivity index (χ4n) is 2.34. The number of nitrogens with one attached hydrogen (secondary N) is 1. The molecular formula is C18H14BrFN2O2S. The number of rotatable bonds is 4. The second-order valence-electron chi connectivity index (χ2n) is 5.46. The summed E-state index contributed by atoms with van der Waals surface area (Å²) in [6.07, 6.45) is 1.59. The summed E-state index contributed by atoms with van der Waals surface area (Å²) in [5.74, 6) is -0.707. The monoisotopic (exact) mass is 420 g/mol. The van der Waals surface area contributed by atoms with Crippen LogP contribution >= 0.6 is 27.7 Å². The van der Waals surface area contributed by atoms with Gasteiger partial charge < -0.3 is 5.32 Å². The first-order valence-corrected chi connectivity index (χ1v) is 9.06. The van der Waals surface area contributed by atoms with E-state index in [0.29, 0.717) is 10.5 Å². The van der Waals surface area contributed by atoms with Crippen LogP contribution in [0.25, 0.3) is 6.08 Å². The Labute approximate surface area is 157 Å². The van der Waals surface area contributed by atoms with E-state index < -0.39 is 0 Å². The van der Waals surface area contributed by atoms with Gasteiger partial charge >= 0.3 is 0 Å². The van der Waals surface area contributed by atoms with Gasteiger partial charge in [-0.1, -0.05) is 28.1 Å². The van der Waals surface area contributed by atoms with E-state index in [2.05, 4.69) is 21.2 Å². The maximum Gasteiger partial charge on any atom is 0.295 e. The summed E-state index contributed by atoms with van der Waals surface area (Å²) in [5, 5.41) is 2.78. The number of benzene rings is 2. The Hall–Kier alpha value is -2.12. The van der Waals surface area contributed by atoms with Crippen LogP contribution in [0.1, 0.15) is 11.1 Å². The average Bonchev–Trinajstić information content (AvgIpc) is 2.83. The summed E-state index contributed by atoms with van der Waals surface area (Å²) in [6, 6.07) is 11.5. The fraction of sp³-hybridized carbons (Fsp3) is 0.111. The van der Waals surface area contributed by atoms with E-state index in [1.54, 1.807) is 18.2 Å². The number of hydrogen-bond acceptors (Lipinski definition) is 4. The number of nitrogens with zero attached hydrogens (tertiary/aromatic N) is 1. The van der Waals surface area contributed by atoms with Gasteiger partial charge in [0.05, 0.1) is 11.6 Å². The van der Waals surface area contributed by atoms with E-state index in [9.17, 15) is 14.0 Å².